The summed E-state index contributed by atoms with van der Waals surface area (Å²) in [6.45, 7) is 3.11. The van der Waals surface area contributed by atoms with E-state index in [2.05, 4.69) is 10.1 Å². The Bertz CT molecular complexity index is 906. The van der Waals surface area contributed by atoms with Gasteiger partial charge in [-0.2, -0.15) is 5.10 Å². The van der Waals surface area contributed by atoms with Crippen LogP contribution in [0.25, 0.3) is 16.9 Å². The van der Waals surface area contributed by atoms with E-state index in [0.29, 0.717) is 18.0 Å². The molecule has 3 aromatic rings. The van der Waals surface area contributed by atoms with Gasteiger partial charge < -0.3 is 14.5 Å². The van der Waals surface area contributed by atoms with Crippen LogP contribution in [0.3, 0.4) is 0 Å². The van der Waals surface area contributed by atoms with Gasteiger partial charge >= 0.3 is 0 Å². The Morgan fingerprint density at radius 3 is 2.81 bits per heavy atom. The Kier molecular flexibility index (Phi) is 2.58. The molecule has 2 aromatic heterocycles. The van der Waals surface area contributed by atoms with Gasteiger partial charge in [0.15, 0.2) is 21.9 Å². The van der Waals surface area contributed by atoms with Gasteiger partial charge in [-0.15, -0.1) is 0 Å². The van der Waals surface area contributed by atoms with Crippen molar-refractivity contribution in [3.05, 3.63) is 28.7 Å². The molecular formula is C14H14N4O2S. The summed E-state index contributed by atoms with van der Waals surface area (Å²) in [5.74, 6) is 1.51. The molecule has 0 bridgehead atoms. The number of hydrogen-bond acceptors (Lipinski definition) is 4. The molecule has 4 rings (SSSR count). The molecule has 6 nitrogen and oxygen atoms in total. The van der Waals surface area contributed by atoms with Crippen molar-refractivity contribution in [2.75, 3.05) is 13.2 Å². The topological polar surface area (TPSA) is 57.0 Å². The van der Waals surface area contributed by atoms with E-state index in [0.717, 1.165) is 34.0 Å². The van der Waals surface area contributed by atoms with Crippen molar-refractivity contribution < 1.29 is 9.47 Å². The second kappa shape index (κ2) is 4.36. The lowest BCUT2D eigenvalue weighted by Gasteiger charge is -2.19. The molecular weight excluding hydrogens is 288 g/mol. The van der Waals surface area contributed by atoms with Crippen LogP contribution in [0.5, 0.6) is 11.5 Å². The molecule has 0 radical (unpaired) electrons. The molecule has 3 heterocycles. The number of aromatic amines is 1. The van der Waals surface area contributed by atoms with Crippen molar-refractivity contribution >= 4 is 23.4 Å². The van der Waals surface area contributed by atoms with E-state index < -0.39 is 0 Å². The summed E-state index contributed by atoms with van der Waals surface area (Å²) >= 11 is 5.46. The second-order valence-electron chi connectivity index (χ2n) is 5.00. The number of aryl methyl sites for hydroxylation is 2. The van der Waals surface area contributed by atoms with Gasteiger partial charge in [-0.05, 0) is 31.3 Å². The molecule has 1 aliphatic rings. The maximum absolute atomic E-state index is 5.64. The fourth-order valence-electron chi connectivity index (χ4n) is 2.72. The largest absolute Gasteiger partial charge is 0.486 e. The summed E-state index contributed by atoms with van der Waals surface area (Å²) in [6.07, 6.45) is 0. The molecule has 1 aliphatic heterocycles. The summed E-state index contributed by atoms with van der Waals surface area (Å²) in [4.78, 5) is 3.22. The molecule has 108 valence electrons. The molecule has 7 heteroatoms. The lowest BCUT2D eigenvalue weighted by molar-refractivity contribution is 0.171. The summed E-state index contributed by atoms with van der Waals surface area (Å²) in [6, 6.07) is 5.83. The highest BCUT2D eigenvalue weighted by Gasteiger charge is 2.17. The highest BCUT2D eigenvalue weighted by atomic mass is 32.1. The van der Waals surface area contributed by atoms with Crippen LogP contribution >= 0.6 is 12.2 Å². The first-order valence-corrected chi connectivity index (χ1v) is 7.10. The number of H-pyrrole nitrogens is 1. The number of ether oxygens (including phenoxy) is 2. The van der Waals surface area contributed by atoms with Crippen LogP contribution in [0.2, 0.25) is 0 Å². The summed E-state index contributed by atoms with van der Waals surface area (Å²) < 4.78 is 15.6. The first-order valence-electron chi connectivity index (χ1n) is 6.69. The lowest BCUT2D eigenvalue weighted by Crippen LogP contribution is -2.15. The van der Waals surface area contributed by atoms with Gasteiger partial charge in [0.1, 0.15) is 18.7 Å². The Morgan fingerprint density at radius 1 is 1.24 bits per heavy atom. The summed E-state index contributed by atoms with van der Waals surface area (Å²) in [5, 5.41) is 4.43. The smallest absolute Gasteiger partial charge is 0.184 e. The third-order valence-electron chi connectivity index (χ3n) is 3.62. The Morgan fingerprint density at radius 2 is 2.00 bits per heavy atom. The zero-order valence-corrected chi connectivity index (χ0v) is 12.5. The number of fused-ring (bicyclic) bond motifs is 2. The van der Waals surface area contributed by atoms with Gasteiger partial charge in [-0.1, -0.05) is 0 Å². The van der Waals surface area contributed by atoms with E-state index in [1.807, 2.05) is 41.4 Å². The second-order valence-corrected chi connectivity index (χ2v) is 5.39. The van der Waals surface area contributed by atoms with E-state index >= 15 is 0 Å². The molecule has 0 saturated carbocycles. The van der Waals surface area contributed by atoms with Crippen molar-refractivity contribution in [1.29, 1.82) is 0 Å². The number of rotatable bonds is 1. The molecule has 0 atom stereocenters. The molecule has 0 aliphatic carbocycles. The Labute approximate surface area is 125 Å². The van der Waals surface area contributed by atoms with Crippen LogP contribution in [0, 0.1) is 11.7 Å². The van der Waals surface area contributed by atoms with E-state index in [-0.39, 0.29) is 0 Å². The minimum Gasteiger partial charge on any atom is -0.486 e. The van der Waals surface area contributed by atoms with Gasteiger partial charge in [0, 0.05) is 13.1 Å². The van der Waals surface area contributed by atoms with E-state index in [1.165, 1.54) is 0 Å². The average molecular weight is 302 g/mol. The van der Waals surface area contributed by atoms with Crippen LogP contribution in [-0.4, -0.2) is 32.5 Å². The van der Waals surface area contributed by atoms with Gasteiger partial charge in [-0.25, -0.2) is 4.68 Å². The zero-order chi connectivity index (χ0) is 14.6. The van der Waals surface area contributed by atoms with E-state index in [9.17, 15) is 0 Å². The quantitative estimate of drug-likeness (QED) is 0.702. The van der Waals surface area contributed by atoms with Crippen LogP contribution < -0.4 is 9.47 Å². The lowest BCUT2D eigenvalue weighted by atomic mass is 10.2. The highest BCUT2D eigenvalue weighted by molar-refractivity contribution is 7.71. The molecule has 0 amide bonds. The van der Waals surface area contributed by atoms with Crippen molar-refractivity contribution in [1.82, 2.24) is 19.3 Å². The number of imidazole rings is 1. The number of nitrogens with one attached hydrogen (secondary N) is 1. The minimum atomic E-state index is 0.565. The van der Waals surface area contributed by atoms with Gasteiger partial charge in [0.2, 0.25) is 0 Å². The minimum absolute atomic E-state index is 0.565. The standard InChI is InChI=1S/C14H14N4O2S/c1-8-12-13(17(2)16-8)18(14(21)15-12)9-3-4-10-11(7-9)20-6-5-19-10/h3-4,7H,5-6H2,1-2H3,(H,15,21). The van der Waals surface area contributed by atoms with Gasteiger partial charge in [0.05, 0.1) is 11.4 Å². The SMILES string of the molecule is Cc1nn(C)c2c1[nH]c(=S)n2-c1ccc2c(c1)OCCO2. The van der Waals surface area contributed by atoms with Crippen molar-refractivity contribution in [2.45, 2.75) is 6.92 Å². The van der Waals surface area contributed by atoms with Gasteiger partial charge in [-0.3, -0.25) is 4.57 Å². The molecule has 0 spiro atoms. The van der Waals surface area contributed by atoms with Crippen molar-refractivity contribution in [3.63, 3.8) is 0 Å². The number of hydrogen-bond donors (Lipinski definition) is 1. The van der Waals surface area contributed by atoms with Crippen molar-refractivity contribution in [3.8, 4) is 17.2 Å². The number of benzene rings is 1. The first kappa shape index (κ1) is 12.5. The monoisotopic (exact) mass is 302 g/mol. The maximum atomic E-state index is 5.64. The fraction of sp³-hybridized carbons (Fsp3) is 0.286. The zero-order valence-electron chi connectivity index (χ0n) is 11.7. The Balaban J connectivity index is 1.98. The van der Waals surface area contributed by atoms with Crippen LogP contribution in [0.15, 0.2) is 18.2 Å². The maximum Gasteiger partial charge on any atom is 0.184 e. The third-order valence-corrected chi connectivity index (χ3v) is 3.91. The summed E-state index contributed by atoms with van der Waals surface area (Å²) in [5.41, 5.74) is 3.75. The third kappa shape index (κ3) is 1.77. The molecule has 1 aromatic carbocycles. The van der Waals surface area contributed by atoms with Crippen LogP contribution in [-0.2, 0) is 7.05 Å². The highest BCUT2D eigenvalue weighted by Crippen LogP contribution is 2.33. The predicted octanol–water partition coefficient (Wildman–Crippen LogP) is 2.50. The molecule has 0 saturated heterocycles. The molecule has 0 fully saturated rings. The van der Waals surface area contributed by atoms with Crippen molar-refractivity contribution in [2.24, 2.45) is 7.05 Å². The van der Waals surface area contributed by atoms with Crippen LogP contribution in [0.1, 0.15) is 5.69 Å². The molecule has 21 heavy (non-hydrogen) atoms. The van der Waals surface area contributed by atoms with E-state index in [4.69, 9.17) is 21.7 Å². The predicted molar refractivity (Wildman–Crippen MR) is 81.0 cm³/mol. The van der Waals surface area contributed by atoms with Gasteiger partial charge in [0.25, 0.3) is 0 Å². The fourth-order valence-corrected chi connectivity index (χ4v) is 3.01. The normalized spacial score (nSPS) is 13.8. The number of nitrogens with zero attached hydrogens (tertiary/aromatic N) is 3. The Hall–Kier alpha value is -2.28. The van der Waals surface area contributed by atoms with E-state index in [1.54, 1.807) is 0 Å². The summed E-state index contributed by atoms with van der Waals surface area (Å²) in [7, 11) is 1.91. The van der Waals surface area contributed by atoms with Crippen LogP contribution in [0.4, 0.5) is 0 Å². The first-order chi connectivity index (χ1) is 10.1. The molecule has 1 N–H and O–H groups in total. The molecule has 0 unspecified atom stereocenters. The number of aromatic nitrogens is 4. The average Bonchev–Trinajstić information content (AvgIpc) is 2.96.